The predicted octanol–water partition coefficient (Wildman–Crippen LogP) is 7.18. The van der Waals surface area contributed by atoms with Crippen molar-refractivity contribution >= 4 is 28.5 Å². The normalized spacial score (nSPS) is 20.6. The molecule has 3 fully saturated rings. The van der Waals surface area contributed by atoms with E-state index in [4.69, 9.17) is 4.98 Å². The van der Waals surface area contributed by atoms with Gasteiger partial charge in [0.2, 0.25) is 5.95 Å². The number of anilines is 3. The second-order valence-electron chi connectivity index (χ2n) is 11.8. The molecule has 3 aromatic heterocycles. The average molecular weight is 610 g/mol. The number of piperazine rings is 1. The topological polar surface area (TPSA) is 111 Å². The highest BCUT2D eigenvalue weighted by molar-refractivity contribution is 5.78. The lowest BCUT2D eigenvalue weighted by molar-refractivity contribution is 0.0438. The zero-order valence-electron chi connectivity index (χ0n) is 27.5. The lowest BCUT2D eigenvalue weighted by atomic mass is 9.93. The summed E-state index contributed by atoms with van der Waals surface area (Å²) >= 11 is 0. The molecule has 9 heteroatoms. The van der Waals surface area contributed by atoms with E-state index in [0.29, 0.717) is 24.6 Å². The van der Waals surface area contributed by atoms with Crippen LogP contribution in [0.15, 0.2) is 42.2 Å². The molecule has 6 rings (SSSR count). The van der Waals surface area contributed by atoms with Crippen LogP contribution < -0.4 is 15.5 Å². The number of aryl methyl sites for hydroxylation is 1. The maximum Gasteiger partial charge on any atom is 0.230 e. The highest BCUT2D eigenvalue weighted by atomic mass is 16.3. The van der Waals surface area contributed by atoms with Crippen LogP contribution >= 0.6 is 0 Å². The minimum atomic E-state index is -0.690. The number of nitrogens with zero attached hydrogens (tertiary/aromatic N) is 5. The number of aliphatic hydroxyl groups is 2. The zero-order valence-corrected chi connectivity index (χ0v) is 27.5. The van der Waals surface area contributed by atoms with E-state index in [1.807, 2.05) is 39.1 Å². The second-order valence-corrected chi connectivity index (χ2v) is 11.8. The Kier molecular flexibility index (Phi) is 15.8. The van der Waals surface area contributed by atoms with Crippen molar-refractivity contribution in [2.45, 2.75) is 113 Å². The van der Waals surface area contributed by atoms with Gasteiger partial charge in [-0.05, 0) is 70.1 Å². The third kappa shape index (κ3) is 10.3. The van der Waals surface area contributed by atoms with Gasteiger partial charge in [-0.25, -0.2) is 9.97 Å². The summed E-state index contributed by atoms with van der Waals surface area (Å²) in [4.78, 5) is 16.0. The maximum atomic E-state index is 9.97. The Labute approximate surface area is 266 Å². The first-order valence-electron chi connectivity index (χ1n) is 16.3. The number of hydrogen-bond donors (Lipinski definition) is 4. The van der Waals surface area contributed by atoms with Gasteiger partial charge in [-0.3, -0.25) is 0 Å². The first kappa shape index (κ1) is 37.2. The number of rotatable bonds is 5. The smallest absolute Gasteiger partial charge is 0.230 e. The van der Waals surface area contributed by atoms with Crippen LogP contribution in [0.1, 0.15) is 99.2 Å². The van der Waals surface area contributed by atoms with E-state index in [-0.39, 0.29) is 13.5 Å². The van der Waals surface area contributed by atoms with Gasteiger partial charge in [0.15, 0.2) is 0 Å². The summed E-state index contributed by atoms with van der Waals surface area (Å²) in [5, 5.41) is 27.4. The van der Waals surface area contributed by atoms with Crippen molar-refractivity contribution in [3.8, 4) is 0 Å². The number of aromatic nitrogens is 4. The van der Waals surface area contributed by atoms with E-state index in [9.17, 15) is 10.2 Å². The van der Waals surface area contributed by atoms with E-state index < -0.39 is 12.2 Å². The lowest BCUT2D eigenvalue weighted by Gasteiger charge is -2.29. The van der Waals surface area contributed by atoms with Gasteiger partial charge in [-0.15, -0.1) is 0 Å². The van der Waals surface area contributed by atoms with Gasteiger partial charge >= 0.3 is 0 Å². The van der Waals surface area contributed by atoms with E-state index >= 15 is 0 Å². The Morgan fingerprint density at radius 3 is 2.16 bits per heavy atom. The molecule has 0 bridgehead atoms. The first-order valence-corrected chi connectivity index (χ1v) is 16.3. The fourth-order valence-corrected chi connectivity index (χ4v) is 5.19. The Balaban J connectivity index is 0.000000407. The van der Waals surface area contributed by atoms with Crippen molar-refractivity contribution in [1.82, 2.24) is 24.8 Å². The molecule has 3 aromatic rings. The van der Waals surface area contributed by atoms with Crippen LogP contribution in [0.4, 0.5) is 17.5 Å². The van der Waals surface area contributed by atoms with E-state index in [0.717, 1.165) is 54.5 Å². The standard InChI is InChI=1S/C21H27N7O2.C6H10.C5H12.C2H6.CH4/c1-13-8-14-11-24-21(26-20(14)28(13)16-9-17(29)18(30)10-16)25-19-3-2-15(12-23-19)27-6-4-22-5-7-27;1-2-6-4-3-5-6;1-4-5(2)3;1-2;/h2-3,8,11-12,16-18,22,29-30H,4-7,9-10H2,1H3,(H,23,24,25,26);2H,3-5H2,1H3;5H,4H2,1-3H3;1-2H3;1H4. The van der Waals surface area contributed by atoms with Gasteiger partial charge < -0.3 is 30.3 Å². The van der Waals surface area contributed by atoms with Gasteiger partial charge in [-0.1, -0.05) is 60.1 Å². The Morgan fingerprint density at radius 1 is 1.05 bits per heavy atom. The molecule has 9 nitrogen and oxygen atoms in total. The van der Waals surface area contributed by atoms with Gasteiger partial charge in [0.25, 0.3) is 0 Å². The molecule has 2 unspecified atom stereocenters. The van der Waals surface area contributed by atoms with Crippen LogP contribution in [0.25, 0.3) is 11.0 Å². The molecule has 4 N–H and O–H groups in total. The lowest BCUT2D eigenvalue weighted by Crippen LogP contribution is -2.43. The Bertz CT molecular complexity index is 1250. The molecule has 0 spiro atoms. The minimum Gasteiger partial charge on any atom is -0.390 e. The monoisotopic (exact) mass is 609 g/mol. The third-order valence-corrected chi connectivity index (χ3v) is 8.30. The second kappa shape index (κ2) is 18.7. The van der Waals surface area contributed by atoms with Crippen molar-refractivity contribution in [2.75, 3.05) is 36.4 Å². The molecular formula is C35H59N7O2. The molecule has 4 heterocycles. The van der Waals surface area contributed by atoms with Crippen molar-refractivity contribution < 1.29 is 10.2 Å². The molecule has 0 radical (unpaired) electrons. The highest BCUT2D eigenvalue weighted by Crippen LogP contribution is 2.35. The average Bonchev–Trinajstić information content (AvgIpc) is 3.51. The SMILES string of the molecule is C.CC.CC=C1CCC1.CCC(C)C.Cc1cc2cnc(Nc3ccc(N4CCNCC4)cn3)nc2n1C1CC(O)C(O)C1. The van der Waals surface area contributed by atoms with Gasteiger partial charge in [0.05, 0.1) is 24.1 Å². The quantitative estimate of drug-likeness (QED) is 0.225. The summed E-state index contributed by atoms with van der Waals surface area (Å²) in [6, 6.07) is 6.06. The maximum absolute atomic E-state index is 9.97. The van der Waals surface area contributed by atoms with Crippen LogP contribution in [0.3, 0.4) is 0 Å². The largest absolute Gasteiger partial charge is 0.390 e. The number of allylic oxidation sites excluding steroid dienone is 2. The van der Waals surface area contributed by atoms with Crippen molar-refractivity contribution in [3.05, 3.63) is 47.9 Å². The van der Waals surface area contributed by atoms with Crippen molar-refractivity contribution in [3.63, 3.8) is 0 Å². The highest BCUT2D eigenvalue weighted by Gasteiger charge is 2.34. The van der Waals surface area contributed by atoms with E-state index in [1.165, 1.54) is 25.7 Å². The predicted molar refractivity (Wildman–Crippen MR) is 186 cm³/mol. The van der Waals surface area contributed by atoms with E-state index in [2.05, 4.69) is 69.9 Å². The van der Waals surface area contributed by atoms with Crippen LogP contribution in [-0.2, 0) is 0 Å². The van der Waals surface area contributed by atoms with Crippen molar-refractivity contribution in [1.29, 1.82) is 0 Å². The summed E-state index contributed by atoms with van der Waals surface area (Å²) in [7, 11) is 0. The molecule has 1 aliphatic heterocycles. The fraction of sp³-hybridized carbons (Fsp3) is 0.629. The molecule has 3 aliphatic rings. The molecule has 2 aliphatic carbocycles. The molecular weight excluding hydrogens is 550 g/mol. The molecule has 2 atom stereocenters. The molecule has 2 saturated carbocycles. The number of fused-ring (bicyclic) bond motifs is 1. The van der Waals surface area contributed by atoms with Gasteiger partial charge in [0.1, 0.15) is 11.5 Å². The Hall–Kier alpha value is -3.01. The Morgan fingerprint density at radius 2 is 1.68 bits per heavy atom. The van der Waals surface area contributed by atoms with Crippen LogP contribution in [0, 0.1) is 12.8 Å². The summed E-state index contributed by atoms with van der Waals surface area (Å²) in [6.07, 6.45) is 11.0. The fourth-order valence-electron chi connectivity index (χ4n) is 5.19. The molecule has 44 heavy (non-hydrogen) atoms. The molecule has 0 aromatic carbocycles. The molecule has 1 saturated heterocycles. The summed E-state index contributed by atoms with van der Waals surface area (Å²) in [6.45, 7) is 18.7. The number of hydrogen-bond acceptors (Lipinski definition) is 8. The summed E-state index contributed by atoms with van der Waals surface area (Å²) in [5.74, 6) is 2.05. The number of aliphatic hydroxyl groups excluding tert-OH is 2. The number of nitrogens with one attached hydrogen (secondary N) is 2. The van der Waals surface area contributed by atoms with Crippen LogP contribution in [-0.4, -0.2) is 68.1 Å². The van der Waals surface area contributed by atoms with E-state index in [1.54, 1.807) is 11.8 Å². The molecule has 0 amide bonds. The zero-order chi connectivity index (χ0) is 31.4. The summed E-state index contributed by atoms with van der Waals surface area (Å²) < 4.78 is 2.10. The van der Waals surface area contributed by atoms with Crippen molar-refractivity contribution in [2.24, 2.45) is 5.92 Å². The van der Waals surface area contributed by atoms with Gasteiger partial charge in [-0.2, -0.15) is 4.98 Å². The first-order chi connectivity index (χ1) is 20.8. The third-order valence-electron chi connectivity index (χ3n) is 8.30. The number of pyridine rings is 1. The van der Waals surface area contributed by atoms with Gasteiger partial charge in [0, 0.05) is 49.5 Å². The molecule has 246 valence electrons. The van der Waals surface area contributed by atoms with Crippen LogP contribution in [0.2, 0.25) is 0 Å². The summed E-state index contributed by atoms with van der Waals surface area (Å²) in [5.41, 5.74) is 4.60. The minimum absolute atomic E-state index is 0. The van der Waals surface area contributed by atoms with Crippen LogP contribution in [0.5, 0.6) is 0 Å².